The Balaban J connectivity index is 0.00000220. The summed E-state index contributed by atoms with van der Waals surface area (Å²) in [5, 5.41) is 3.40. The second kappa shape index (κ2) is 7.51. The van der Waals surface area contributed by atoms with Crippen LogP contribution in [0.1, 0.15) is 12.8 Å². The van der Waals surface area contributed by atoms with Gasteiger partial charge in [-0.05, 0) is 25.0 Å². The molecular weight excluding hydrogens is 339 g/mol. The van der Waals surface area contributed by atoms with Gasteiger partial charge in [0.2, 0.25) is 5.91 Å². The minimum Gasteiger partial charge on any atom is -0.494 e. The lowest BCUT2D eigenvalue weighted by Crippen LogP contribution is -2.54. The number of carbonyl (C=O) groups is 1. The lowest BCUT2D eigenvalue weighted by Gasteiger charge is -2.31. The van der Waals surface area contributed by atoms with Crippen LogP contribution in [0.5, 0.6) is 5.75 Å². The molecule has 5 nitrogen and oxygen atoms in total. The summed E-state index contributed by atoms with van der Waals surface area (Å²) >= 11 is 12.1. The van der Waals surface area contributed by atoms with Crippen LogP contribution in [-0.4, -0.2) is 31.8 Å². The molecule has 0 spiro atoms. The zero-order valence-electron chi connectivity index (χ0n) is 11.4. The second-order valence-electron chi connectivity index (χ2n) is 4.70. The van der Waals surface area contributed by atoms with Crippen molar-refractivity contribution in [1.29, 1.82) is 0 Å². The second-order valence-corrected chi connectivity index (χ2v) is 5.51. The van der Waals surface area contributed by atoms with Gasteiger partial charge in [0.25, 0.3) is 0 Å². The highest BCUT2D eigenvalue weighted by Crippen LogP contribution is 2.36. The summed E-state index contributed by atoms with van der Waals surface area (Å²) in [6.45, 7) is 0.960. The van der Waals surface area contributed by atoms with Gasteiger partial charge >= 0.3 is 0 Å². The number of carbonyl (C=O) groups excluding carboxylic acids is 1. The van der Waals surface area contributed by atoms with Crippen LogP contribution >= 0.6 is 35.6 Å². The smallest absolute Gasteiger partial charge is 0.244 e. The van der Waals surface area contributed by atoms with E-state index in [-0.39, 0.29) is 18.3 Å². The van der Waals surface area contributed by atoms with Crippen molar-refractivity contribution < 1.29 is 14.3 Å². The van der Waals surface area contributed by atoms with Gasteiger partial charge in [0.15, 0.2) is 5.75 Å². The van der Waals surface area contributed by atoms with Crippen LogP contribution in [0.15, 0.2) is 12.1 Å². The van der Waals surface area contributed by atoms with E-state index in [1.54, 1.807) is 12.1 Å². The Morgan fingerprint density at radius 2 is 1.86 bits per heavy atom. The van der Waals surface area contributed by atoms with E-state index < -0.39 is 5.54 Å². The van der Waals surface area contributed by atoms with Crippen molar-refractivity contribution in [1.82, 2.24) is 0 Å². The Morgan fingerprint density at radius 1 is 1.33 bits per heavy atom. The van der Waals surface area contributed by atoms with Gasteiger partial charge in [-0.1, -0.05) is 23.2 Å². The molecule has 0 unspecified atom stereocenters. The van der Waals surface area contributed by atoms with E-state index in [9.17, 15) is 4.79 Å². The van der Waals surface area contributed by atoms with Gasteiger partial charge in [-0.2, -0.15) is 0 Å². The molecule has 0 aliphatic carbocycles. The van der Waals surface area contributed by atoms with Crippen molar-refractivity contribution in [3.05, 3.63) is 22.2 Å². The van der Waals surface area contributed by atoms with Crippen molar-refractivity contribution >= 4 is 47.2 Å². The Hall–Kier alpha value is -0.720. The number of hydrogen-bond donors (Lipinski definition) is 2. The number of methoxy groups -OCH3 is 1. The molecule has 1 aliphatic heterocycles. The molecule has 118 valence electrons. The molecule has 1 aromatic rings. The summed E-state index contributed by atoms with van der Waals surface area (Å²) in [6.07, 6.45) is 0.965. The van der Waals surface area contributed by atoms with Crippen LogP contribution in [0.2, 0.25) is 10.0 Å². The van der Waals surface area contributed by atoms with Gasteiger partial charge in [-0.25, -0.2) is 0 Å². The fourth-order valence-electron chi connectivity index (χ4n) is 2.05. The molecule has 1 saturated heterocycles. The molecule has 1 aromatic carbocycles. The molecule has 1 amide bonds. The molecular formula is C13H17Cl3N2O3. The Bertz CT molecular complexity index is 496. The van der Waals surface area contributed by atoms with Crippen molar-refractivity contribution in [2.45, 2.75) is 18.4 Å². The lowest BCUT2D eigenvalue weighted by atomic mass is 9.90. The molecule has 2 rings (SSSR count). The van der Waals surface area contributed by atoms with Gasteiger partial charge in [0.1, 0.15) is 5.54 Å². The van der Waals surface area contributed by atoms with E-state index in [1.807, 2.05) is 0 Å². The predicted molar refractivity (Wildman–Crippen MR) is 85.9 cm³/mol. The van der Waals surface area contributed by atoms with Crippen LogP contribution in [0.3, 0.4) is 0 Å². The molecule has 1 heterocycles. The number of nitrogens with two attached hydrogens (primary N) is 1. The molecule has 0 bridgehead atoms. The minimum absolute atomic E-state index is 0. The van der Waals surface area contributed by atoms with Crippen LogP contribution in [0.25, 0.3) is 0 Å². The van der Waals surface area contributed by atoms with E-state index in [0.29, 0.717) is 47.5 Å². The van der Waals surface area contributed by atoms with Crippen molar-refractivity contribution in [3.8, 4) is 5.75 Å². The average Bonchev–Trinajstić information content (AvgIpc) is 2.39. The summed E-state index contributed by atoms with van der Waals surface area (Å²) in [4.78, 5) is 12.3. The maximum atomic E-state index is 12.3. The van der Waals surface area contributed by atoms with Gasteiger partial charge in [-0.3, -0.25) is 4.79 Å². The highest BCUT2D eigenvalue weighted by Gasteiger charge is 2.36. The SMILES string of the molecule is COc1c(Cl)cc(NC(=O)C2(N)CCOCC2)cc1Cl.Cl. The average molecular weight is 356 g/mol. The third-order valence-electron chi connectivity index (χ3n) is 3.30. The van der Waals surface area contributed by atoms with Gasteiger partial charge < -0.3 is 20.5 Å². The summed E-state index contributed by atoms with van der Waals surface area (Å²) in [5.74, 6) is 0.109. The maximum Gasteiger partial charge on any atom is 0.244 e. The Morgan fingerprint density at radius 3 is 2.33 bits per heavy atom. The quantitative estimate of drug-likeness (QED) is 0.874. The molecule has 0 atom stereocenters. The van der Waals surface area contributed by atoms with Crippen molar-refractivity contribution in [2.75, 3.05) is 25.6 Å². The first-order valence-electron chi connectivity index (χ1n) is 6.17. The van der Waals surface area contributed by atoms with Crippen molar-refractivity contribution in [3.63, 3.8) is 0 Å². The Kier molecular flexibility index (Phi) is 6.56. The fourth-order valence-corrected chi connectivity index (χ4v) is 2.69. The number of amides is 1. The summed E-state index contributed by atoms with van der Waals surface area (Å²) in [6, 6.07) is 3.15. The summed E-state index contributed by atoms with van der Waals surface area (Å²) in [7, 11) is 1.47. The number of ether oxygens (including phenoxy) is 2. The molecule has 0 radical (unpaired) electrons. The van der Waals surface area contributed by atoms with Crippen LogP contribution in [0, 0.1) is 0 Å². The summed E-state index contributed by atoms with van der Waals surface area (Å²) < 4.78 is 10.3. The third-order valence-corrected chi connectivity index (χ3v) is 3.86. The molecule has 8 heteroatoms. The normalized spacial score (nSPS) is 16.8. The molecule has 21 heavy (non-hydrogen) atoms. The lowest BCUT2D eigenvalue weighted by molar-refractivity contribution is -0.124. The van der Waals surface area contributed by atoms with E-state index in [1.165, 1.54) is 7.11 Å². The van der Waals surface area contributed by atoms with E-state index in [0.717, 1.165) is 0 Å². The van der Waals surface area contributed by atoms with Crippen molar-refractivity contribution in [2.24, 2.45) is 5.73 Å². The third kappa shape index (κ3) is 4.14. The molecule has 0 aromatic heterocycles. The monoisotopic (exact) mass is 354 g/mol. The zero-order valence-corrected chi connectivity index (χ0v) is 13.8. The number of nitrogens with one attached hydrogen (secondary N) is 1. The first-order chi connectivity index (χ1) is 9.46. The fraction of sp³-hybridized carbons (Fsp3) is 0.462. The molecule has 3 N–H and O–H groups in total. The summed E-state index contributed by atoms with van der Waals surface area (Å²) in [5.41, 5.74) is 5.67. The molecule has 0 saturated carbocycles. The van der Waals surface area contributed by atoms with E-state index in [2.05, 4.69) is 5.32 Å². The molecule has 1 fully saturated rings. The van der Waals surface area contributed by atoms with Gasteiger partial charge in [0.05, 0.1) is 17.2 Å². The zero-order chi connectivity index (χ0) is 14.8. The standard InChI is InChI=1S/C13H16Cl2N2O3.ClH/c1-19-11-9(14)6-8(7-10(11)15)17-12(18)13(16)2-4-20-5-3-13;/h6-7H,2-5,16H2,1H3,(H,17,18);1H. The number of hydrogen-bond acceptors (Lipinski definition) is 4. The minimum atomic E-state index is -0.920. The first-order valence-corrected chi connectivity index (χ1v) is 6.93. The number of halogens is 3. The van der Waals surface area contributed by atoms with E-state index >= 15 is 0 Å². The number of rotatable bonds is 3. The van der Waals surface area contributed by atoms with Crippen LogP contribution in [0.4, 0.5) is 5.69 Å². The number of benzene rings is 1. The van der Waals surface area contributed by atoms with Gasteiger partial charge in [-0.15, -0.1) is 12.4 Å². The highest BCUT2D eigenvalue weighted by molar-refractivity contribution is 6.37. The van der Waals surface area contributed by atoms with E-state index in [4.69, 9.17) is 38.4 Å². The maximum absolute atomic E-state index is 12.3. The largest absolute Gasteiger partial charge is 0.494 e. The Labute approximate surface area is 139 Å². The highest BCUT2D eigenvalue weighted by atomic mass is 35.5. The van der Waals surface area contributed by atoms with Crippen LogP contribution in [-0.2, 0) is 9.53 Å². The topological polar surface area (TPSA) is 73.6 Å². The predicted octanol–water partition coefficient (Wildman–Crippen LogP) is 2.87. The van der Waals surface area contributed by atoms with Crippen LogP contribution < -0.4 is 15.8 Å². The molecule has 1 aliphatic rings. The number of anilines is 1. The first kappa shape index (κ1) is 18.3. The van der Waals surface area contributed by atoms with Gasteiger partial charge in [0, 0.05) is 18.9 Å².